The molecule has 132 valence electrons. The van der Waals surface area contributed by atoms with Gasteiger partial charge in [0.2, 0.25) is 0 Å². The van der Waals surface area contributed by atoms with Crippen molar-refractivity contribution in [3.63, 3.8) is 0 Å². The molecule has 0 spiro atoms. The molecule has 0 radical (unpaired) electrons. The Morgan fingerprint density at radius 1 is 1.15 bits per heavy atom. The van der Waals surface area contributed by atoms with Crippen LogP contribution in [0, 0.1) is 0 Å². The zero-order valence-electron chi connectivity index (χ0n) is 14.7. The Bertz CT molecular complexity index is 980. The van der Waals surface area contributed by atoms with Crippen LogP contribution in [0.5, 0.6) is 0 Å². The fourth-order valence-electron chi connectivity index (χ4n) is 3.54. The molecule has 5 heteroatoms. The summed E-state index contributed by atoms with van der Waals surface area (Å²) in [5.41, 5.74) is 3.08. The normalized spacial score (nSPS) is 14.2. The number of urea groups is 1. The quantitative estimate of drug-likeness (QED) is 0.527. The maximum absolute atomic E-state index is 12.4. The standard InChI is InChI=1S/C21H22N4O/c26-21(24-12-8-15-5-2-1-3-6-15)25-19-13-16-9-11-22-14-18(16)20-17(19)7-4-10-23-20/h4-5,7,9-11,13-14H,1-3,6,8,12H2,(H2,24,25,26). The Kier molecular flexibility index (Phi) is 4.78. The van der Waals surface area contributed by atoms with E-state index in [4.69, 9.17) is 0 Å². The topological polar surface area (TPSA) is 66.9 Å². The van der Waals surface area contributed by atoms with E-state index in [1.807, 2.05) is 30.5 Å². The summed E-state index contributed by atoms with van der Waals surface area (Å²) < 4.78 is 0. The van der Waals surface area contributed by atoms with Crippen LogP contribution in [-0.2, 0) is 0 Å². The molecule has 0 unspecified atom stereocenters. The zero-order chi connectivity index (χ0) is 17.8. The average Bonchev–Trinajstić information content (AvgIpc) is 2.69. The number of hydrogen-bond donors (Lipinski definition) is 2. The van der Waals surface area contributed by atoms with Gasteiger partial charge in [-0.25, -0.2) is 4.79 Å². The van der Waals surface area contributed by atoms with Crippen molar-refractivity contribution in [1.29, 1.82) is 0 Å². The van der Waals surface area contributed by atoms with E-state index in [1.165, 1.54) is 24.8 Å². The molecule has 0 fully saturated rings. The van der Waals surface area contributed by atoms with Crippen LogP contribution < -0.4 is 10.6 Å². The Labute approximate surface area is 152 Å². The fraction of sp³-hybridized carbons (Fsp3) is 0.286. The first kappa shape index (κ1) is 16.5. The van der Waals surface area contributed by atoms with Crippen molar-refractivity contribution in [2.24, 2.45) is 0 Å². The second-order valence-electron chi connectivity index (χ2n) is 6.66. The minimum absolute atomic E-state index is 0.181. The maximum atomic E-state index is 12.4. The predicted octanol–water partition coefficient (Wildman–Crippen LogP) is 4.80. The van der Waals surface area contributed by atoms with Crippen LogP contribution in [-0.4, -0.2) is 22.5 Å². The molecule has 4 rings (SSSR count). The van der Waals surface area contributed by atoms with Crippen LogP contribution in [0.15, 0.2) is 54.5 Å². The van der Waals surface area contributed by atoms with Crippen LogP contribution >= 0.6 is 0 Å². The van der Waals surface area contributed by atoms with E-state index < -0.39 is 0 Å². The summed E-state index contributed by atoms with van der Waals surface area (Å²) in [6, 6.07) is 7.58. The van der Waals surface area contributed by atoms with Gasteiger partial charge < -0.3 is 10.6 Å². The molecule has 5 nitrogen and oxygen atoms in total. The molecular formula is C21H22N4O. The highest BCUT2D eigenvalue weighted by Crippen LogP contribution is 2.29. The average molecular weight is 346 g/mol. The number of hydrogen-bond acceptors (Lipinski definition) is 3. The first-order chi connectivity index (χ1) is 12.8. The van der Waals surface area contributed by atoms with E-state index in [1.54, 1.807) is 12.4 Å². The van der Waals surface area contributed by atoms with Gasteiger partial charge in [0.25, 0.3) is 0 Å². The molecular weight excluding hydrogens is 324 g/mol. The first-order valence-corrected chi connectivity index (χ1v) is 9.15. The number of nitrogens with zero attached hydrogens (tertiary/aromatic N) is 2. The number of carbonyl (C=O) groups excluding carboxylic acids is 1. The minimum Gasteiger partial charge on any atom is -0.338 e. The van der Waals surface area contributed by atoms with E-state index in [2.05, 4.69) is 26.7 Å². The SMILES string of the molecule is O=C(NCCC1=CCCCC1)Nc1cc2ccncc2c2ncccc12. The van der Waals surface area contributed by atoms with Gasteiger partial charge in [0.05, 0.1) is 11.2 Å². The van der Waals surface area contributed by atoms with Crippen LogP contribution in [0.4, 0.5) is 10.5 Å². The number of benzene rings is 1. The third-order valence-electron chi connectivity index (χ3n) is 4.87. The highest BCUT2D eigenvalue weighted by molar-refractivity contribution is 6.12. The molecule has 2 N–H and O–H groups in total. The highest BCUT2D eigenvalue weighted by atomic mass is 16.2. The molecule has 0 aliphatic heterocycles. The Morgan fingerprint density at radius 2 is 2.12 bits per heavy atom. The van der Waals surface area contributed by atoms with E-state index in [0.29, 0.717) is 6.54 Å². The predicted molar refractivity (Wildman–Crippen MR) is 105 cm³/mol. The number of nitrogens with one attached hydrogen (secondary N) is 2. The largest absolute Gasteiger partial charge is 0.338 e. The van der Waals surface area contributed by atoms with E-state index in [0.717, 1.165) is 40.2 Å². The number of pyridine rings is 2. The highest BCUT2D eigenvalue weighted by Gasteiger charge is 2.10. The van der Waals surface area contributed by atoms with E-state index in [9.17, 15) is 4.79 Å². The molecule has 0 saturated heterocycles. The molecule has 0 bridgehead atoms. The third kappa shape index (κ3) is 3.52. The third-order valence-corrected chi connectivity index (χ3v) is 4.87. The Hall–Kier alpha value is -2.95. The molecule has 1 aliphatic rings. The van der Waals surface area contributed by atoms with Crippen molar-refractivity contribution in [2.75, 3.05) is 11.9 Å². The molecule has 2 heterocycles. The molecule has 3 aromatic rings. The number of allylic oxidation sites excluding steroid dienone is 1. The van der Waals surface area contributed by atoms with Gasteiger partial charge in [0.1, 0.15) is 0 Å². The lowest BCUT2D eigenvalue weighted by molar-refractivity contribution is 0.252. The Morgan fingerprint density at radius 3 is 3.00 bits per heavy atom. The molecule has 2 aromatic heterocycles. The second kappa shape index (κ2) is 7.52. The molecule has 1 aliphatic carbocycles. The van der Waals surface area contributed by atoms with Crippen molar-refractivity contribution >= 4 is 33.4 Å². The molecule has 0 saturated carbocycles. The van der Waals surface area contributed by atoms with Crippen molar-refractivity contribution in [3.8, 4) is 0 Å². The summed E-state index contributed by atoms with van der Waals surface area (Å²) in [7, 11) is 0. The first-order valence-electron chi connectivity index (χ1n) is 9.15. The second-order valence-corrected chi connectivity index (χ2v) is 6.66. The van der Waals surface area contributed by atoms with Crippen molar-refractivity contribution in [2.45, 2.75) is 32.1 Å². The summed E-state index contributed by atoms with van der Waals surface area (Å²) in [5.74, 6) is 0. The van der Waals surface area contributed by atoms with Gasteiger partial charge in [-0.15, -0.1) is 0 Å². The lowest BCUT2D eigenvalue weighted by Gasteiger charge is -2.14. The lowest BCUT2D eigenvalue weighted by Crippen LogP contribution is -2.29. The van der Waals surface area contributed by atoms with Gasteiger partial charge in [-0.3, -0.25) is 9.97 Å². The lowest BCUT2D eigenvalue weighted by atomic mass is 9.97. The number of carbonyl (C=O) groups is 1. The zero-order valence-corrected chi connectivity index (χ0v) is 14.7. The van der Waals surface area contributed by atoms with E-state index in [-0.39, 0.29) is 6.03 Å². The molecule has 0 atom stereocenters. The van der Waals surface area contributed by atoms with Crippen molar-refractivity contribution < 1.29 is 4.79 Å². The monoisotopic (exact) mass is 346 g/mol. The van der Waals surface area contributed by atoms with Gasteiger partial charge in [0.15, 0.2) is 0 Å². The summed E-state index contributed by atoms with van der Waals surface area (Å²) >= 11 is 0. The summed E-state index contributed by atoms with van der Waals surface area (Å²) in [4.78, 5) is 21.0. The van der Waals surface area contributed by atoms with Gasteiger partial charge >= 0.3 is 6.03 Å². The maximum Gasteiger partial charge on any atom is 0.319 e. The number of amides is 2. The van der Waals surface area contributed by atoms with Crippen molar-refractivity contribution in [1.82, 2.24) is 15.3 Å². The molecule has 26 heavy (non-hydrogen) atoms. The number of aromatic nitrogens is 2. The molecule has 1 aromatic carbocycles. The number of anilines is 1. The van der Waals surface area contributed by atoms with Gasteiger partial charge in [0, 0.05) is 35.9 Å². The van der Waals surface area contributed by atoms with Gasteiger partial charge in [-0.1, -0.05) is 11.6 Å². The van der Waals surface area contributed by atoms with Crippen molar-refractivity contribution in [3.05, 3.63) is 54.5 Å². The van der Waals surface area contributed by atoms with Gasteiger partial charge in [-0.2, -0.15) is 0 Å². The minimum atomic E-state index is -0.181. The fourth-order valence-corrected chi connectivity index (χ4v) is 3.54. The summed E-state index contributed by atoms with van der Waals surface area (Å²) in [6.07, 6.45) is 13.5. The van der Waals surface area contributed by atoms with Crippen LogP contribution in [0.25, 0.3) is 21.7 Å². The van der Waals surface area contributed by atoms with Crippen LogP contribution in [0.3, 0.4) is 0 Å². The smallest absolute Gasteiger partial charge is 0.319 e. The number of rotatable bonds is 4. The number of fused-ring (bicyclic) bond motifs is 3. The van der Waals surface area contributed by atoms with Crippen LogP contribution in [0.1, 0.15) is 32.1 Å². The Balaban J connectivity index is 1.50. The molecule has 2 amide bonds. The van der Waals surface area contributed by atoms with E-state index >= 15 is 0 Å². The summed E-state index contributed by atoms with van der Waals surface area (Å²) in [6.45, 7) is 0.658. The van der Waals surface area contributed by atoms with Crippen LogP contribution in [0.2, 0.25) is 0 Å². The summed E-state index contributed by atoms with van der Waals surface area (Å²) in [5, 5.41) is 8.86. The van der Waals surface area contributed by atoms with Gasteiger partial charge in [-0.05, 0) is 61.8 Å².